The van der Waals surface area contributed by atoms with Gasteiger partial charge in [0.25, 0.3) is 0 Å². The van der Waals surface area contributed by atoms with E-state index >= 15 is 0 Å². The molecule has 0 spiro atoms. The van der Waals surface area contributed by atoms with Crippen LogP contribution in [-0.2, 0) is 0 Å². The normalized spacial score (nSPS) is 12.5. The van der Waals surface area contributed by atoms with Gasteiger partial charge in [-0.15, -0.1) is 0 Å². The Labute approximate surface area is 121 Å². The second-order valence-corrected chi connectivity index (χ2v) is 4.78. The first-order valence-corrected chi connectivity index (χ1v) is 6.67. The molecule has 3 rings (SSSR count). The summed E-state index contributed by atoms with van der Waals surface area (Å²) in [7, 11) is 1.71. The third-order valence-corrected chi connectivity index (χ3v) is 3.56. The van der Waals surface area contributed by atoms with Crippen molar-refractivity contribution < 1.29 is 8.78 Å². The van der Waals surface area contributed by atoms with E-state index in [1.165, 1.54) is 6.07 Å². The zero-order chi connectivity index (χ0) is 14.8. The van der Waals surface area contributed by atoms with Crippen molar-refractivity contribution in [2.45, 2.75) is 6.04 Å². The van der Waals surface area contributed by atoms with Crippen LogP contribution >= 0.6 is 0 Å². The third-order valence-electron chi connectivity index (χ3n) is 3.56. The molecule has 0 aliphatic heterocycles. The molecule has 2 aromatic carbocycles. The SMILES string of the molecule is CNC(c1cccc(F)c1F)c1nccc2ccccc12. The van der Waals surface area contributed by atoms with Gasteiger partial charge in [-0.1, -0.05) is 36.4 Å². The van der Waals surface area contributed by atoms with Crippen LogP contribution in [0.3, 0.4) is 0 Å². The Balaban J connectivity index is 2.21. The van der Waals surface area contributed by atoms with Crippen molar-refractivity contribution >= 4 is 10.8 Å². The Morgan fingerprint density at radius 3 is 2.62 bits per heavy atom. The highest BCUT2D eigenvalue weighted by molar-refractivity contribution is 5.85. The maximum Gasteiger partial charge on any atom is 0.163 e. The number of hydrogen-bond donors (Lipinski definition) is 1. The van der Waals surface area contributed by atoms with Crippen LogP contribution in [0.4, 0.5) is 8.78 Å². The second-order valence-electron chi connectivity index (χ2n) is 4.78. The predicted molar refractivity (Wildman–Crippen MR) is 79.0 cm³/mol. The molecule has 106 valence electrons. The van der Waals surface area contributed by atoms with Crippen LogP contribution in [0.2, 0.25) is 0 Å². The summed E-state index contributed by atoms with van der Waals surface area (Å²) in [5.74, 6) is -1.69. The average molecular weight is 284 g/mol. The van der Waals surface area contributed by atoms with Crippen molar-refractivity contribution in [3.63, 3.8) is 0 Å². The fourth-order valence-corrected chi connectivity index (χ4v) is 2.56. The number of nitrogens with zero attached hydrogens (tertiary/aromatic N) is 1. The molecule has 0 fully saturated rings. The summed E-state index contributed by atoms with van der Waals surface area (Å²) in [6.45, 7) is 0. The molecule has 2 nitrogen and oxygen atoms in total. The molecule has 0 bridgehead atoms. The molecular formula is C17H14F2N2. The number of benzene rings is 2. The Morgan fingerprint density at radius 2 is 1.81 bits per heavy atom. The highest BCUT2D eigenvalue weighted by Crippen LogP contribution is 2.29. The van der Waals surface area contributed by atoms with Crippen LogP contribution in [0.5, 0.6) is 0 Å². The molecule has 0 saturated heterocycles. The van der Waals surface area contributed by atoms with Gasteiger partial charge in [0.1, 0.15) is 0 Å². The smallest absolute Gasteiger partial charge is 0.163 e. The van der Waals surface area contributed by atoms with Gasteiger partial charge in [-0.05, 0) is 24.6 Å². The Bertz CT molecular complexity index is 781. The number of fused-ring (bicyclic) bond motifs is 1. The van der Waals surface area contributed by atoms with E-state index in [-0.39, 0.29) is 5.56 Å². The van der Waals surface area contributed by atoms with Gasteiger partial charge in [-0.2, -0.15) is 0 Å². The van der Waals surface area contributed by atoms with E-state index in [9.17, 15) is 8.78 Å². The van der Waals surface area contributed by atoms with E-state index in [1.54, 1.807) is 19.3 Å². The zero-order valence-corrected chi connectivity index (χ0v) is 11.5. The molecule has 1 unspecified atom stereocenters. The maximum absolute atomic E-state index is 14.1. The molecule has 0 aliphatic rings. The number of rotatable bonds is 3. The van der Waals surface area contributed by atoms with E-state index in [0.717, 1.165) is 16.8 Å². The monoisotopic (exact) mass is 284 g/mol. The summed E-state index contributed by atoms with van der Waals surface area (Å²) < 4.78 is 27.6. The molecule has 21 heavy (non-hydrogen) atoms. The van der Waals surface area contributed by atoms with E-state index < -0.39 is 17.7 Å². The summed E-state index contributed by atoms with van der Waals surface area (Å²) in [5, 5.41) is 4.96. The number of halogens is 2. The highest BCUT2D eigenvalue weighted by atomic mass is 19.2. The van der Waals surface area contributed by atoms with Crippen molar-refractivity contribution in [2.75, 3.05) is 7.05 Å². The van der Waals surface area contributed by atoms with Gasteiger partial charge in [-0.25, -0.2) is 8.78 Å². The molecule has 1 atom stereocenters. The summed E-state index contributed by atoms with van der Waals surface area (Å²) in [4.78, 5) is 4.37. The van der Waals surface area contributed by atoms with Crippen molar-refractivity contribution in [2.24, 2.45) is 0 Å². The van der Waals surface area contributed by atoms with Crippen LogP contribution in [0.25, 0.3) is 10.8 Å². The van der Waals surface area contributed by atoms with Crippen LogP contribution in [0.1, 0.15) is 17.3 Å². The van der Waals surface area contributed by atoms with E-state index in [4.69, 9.17) is 0 Å². The van der Waals surface area contributed by atoms with Gasteiger partial charge >= 0.3 is 0 Å². The van der Waals surface area contributed by atoms with Crippen molar-refractivity contribution in [1.82, 2.24) is 10.3 Å². The topological polar surface area (TPSA) is 24.9 Å². The fourth-order valence-electron chi connectivity index (χ4n) is 2.56. The van der Waals surface area contributed by atoms with Crippen molar-refractivity contribution in [3.8, 4) is 0 Å². The number of aromatic nitrogens is 1. The molecule has 1 heterocycles. The minimum Gasteiger partial charge on any atom is -0.308 e. The molecule has 1 aromatic heterocycles. The van der Waals surface area contributed by atoms with Gasteiger partial charge < -0.3 is 5.32 Å². The summed E-state index contributed by atoms with van der Waals surface area (Å²) >= 11 is 0. The third kappa shape index (κ3) is 2.38. The van der Waals surface area contributed by atoms with E-state index in [2.05, 4.69) is 10.3 Å². The molecule has 1 N–H and O–H groups in total. The van der Waals surface area contributed by atoms with Crippen molar-refractivity contribution in [3.05, 3.63) is 77.6 Å². The molecule has 0 amide bonds. The first-order chi connectivity index (χ1) is 10.2. The Hall–Kier alpha value is -2.33. The van der Waals surface area contributed by atoms with Gasteiger partial charge in [0.05, 0.1) is 11.7 Å². The summed E-state index contributed by atoms with van der Waals surface area (Å²) in [6, 6.07) is 13.3. The number of nitrogens with one attached hydrogen (secondary N) is 1. The summed E-state index contributed by atoms with van der Waals surface area (Å²) in [6.07, 6.45) is 1.68. The highest BCUT2D eigenvalue weighted by Gasteiger charge is 2.21. The lowest BCUT2D eigenvalue weighted by atomic mass is 9.98. The standard InChI is InChI=1S/C17H14F2N2/c1-20-16(13-7-4-8-14(18)15(13)19)17-12-6-3-2-5-11(12)9-10-21-17/h2-10,16,20H,1H3. The predicted octanol–water partition coefficient (Wildman–Crippen LogP) is 3.82. The van der Waals surface area contributed by atoms with Crippen LogP contribution in [-0.4, -0.2) is 12.0 Å². The molecule has 3 aromatic rings. The van der Waals surface area contributed by atoms with Gasteiger partial charge in [0, 0.05) is 17.1 Å². The lowest BCUT2D eigenvalue weighted by Gasteiger charge is -2.18. The van der Waals surface area contributed by atoms with Crippen LogP contribution in [0.15, 0.2) is 54.7 Å². The fraction of sp³-hybridized carbons (Fsp3) is 0.118. The van der Waals surface area contributed by atoms with Gasteiger partial charge in [0.2, 0.25) is 0 Å². The Morgan fingerprint density at radius 1 is 1.00 bits per heavy atom. The minimum absolute atomic E-state index is 0.251. The lowest BCUT2D eigenvalue weighted by Crippen LogP contribution is -2.21. The maximum atomic E-state index is 14.1. The average Bonchev–Trinajstić information content (AvgIpc) is 2.52. The number of hydrogen-bond acceptors (Lipinski definition) is 2. The molecule has 0 saturated carbocycles. The second kappa shape index (κ2) is 5.58. The van der Waals surface area contributed by atoms with Gasteiger partial charge in [-0.3, -0.25) is 4.98 Å². The quantitative estimate of drug-likeness (QED) is 0.791. The molecule has 4 heteroatoms. The first-order valence-electron chi connectivity index (χ1n) is 6.67. The lowest BCUT2D eigenvalue weighted by molar-refractivity contribution is 0.486. The summed E-state index contributed by atoms with van der Waals surface area (Å²) in [5.41, 5.74) is 0.932. The van der Waals surface area contributed by atoms with E-state index in [1.807, 2.05) is 30.3 Å². The van der Waals surface area contributed by atoms with Crippen LogP contribution in [0, 0.1) is 11.6 Å². The number of pyridine rings is 1. The molecular weight excluding hydrogens is 270 g/mol. The zero-order valence-electron chi connectivity index (χ0n) is 11.5. The first kappa shape index (κ1) is 13.6. The largest absolute Gasteiger partial charge is 0.308 e. The van der Waals surface area contributed by atoms with Crippen LogP contribution < -0.4 is 5.32 Å². The van der Waals surface area contributed by atoms with Crippen molar-refractivity contribution in [1.29, 1.82) is 0 Å². The molecule has 0 aliphatic carbocycles. The van der Waals surface area contributed by atoms with E-state index in [0.29, 0.717) is 5.69 Å². The Kier molecular flexibility index (Phi) is 3.62. The van der Waals surface area contributed by atoms with Gasteiger partial charge in [0.15, 0.2) is 11.6 Å². The minimum atomic E-state index is -0.854. The molecule has 0 radical (unpaired) electrons.